The summed E-state index contributed by atoms with van der Waals surface area (Å²) in [4.78, 5) is 12.5. The first kappa shape index (κ1) is 18.0. The van der Waals surface area contributed by atoms with Crippen molar-refractivity contribution in [2.75, 3.05) is 0 Å². The maximum absolute atomic E-state index is 13.2. The average molecular weight is 373 g/mol. The summed E-state index contributed by atoms with van der Waals surface area (Å²) < 4.78 is 32.5. The number of para-hydroxylation sites is 1. The summed E-state index contributed by atoms with van der Waals surface area (Å²) in [5.74, 6) is -1.31. The van der Waals surface area contributed by atoms with Crippen LogP contribution in [0.15, 0.2) is 53.4 Å². The molecular formula is C19H19NO5S. The number of hydrogen-bond acceptors (Lipinski definition) is 5. The van der Waals surface area contributed by atoms with Crippen LogP contribution in [-0.2, 0) is 14.8 Å². The molecule has 0 bridgehead atoms. The number of aryl methyl sites for hydroxylation is 1. The summed E-state index contributed by atoms with van der Waals surface area (Å²) in [7, 11) is -4.12. The van der Waals surface area contributed by atoms with E-state index in [1.54, 1.807) is 44.2 Å². The van der Waals surface area contributed by atoms with Gasteiger partial charge in [-0.1, -0.05) is 29.8 Å². The van der Waals surface area contributed by atoms with Crippen molar-refractivity contribution in [3.63, 3.8) is 0 Å². The zero-order valence-corrected chi connectivity index (χ0v) is 15.4. The van der Waals surface area contributed by atoms with E-state index < -0.39 is 33.5 Å². The Labute approximate surface area is 151 Å². The monoisotopic (exact) mass is 373 g/mol. The van der Waals surface area contributed by atoms with E-state index in [4.69, 9.17) is 4.74 Å². The van der Waals surface area contributed by atoms with Gasteiger partial charge in [-0.25, -0.2) is 17.2 Å². The van der Waals surface area contributed by atoms with Gasteiger partial charge in [0.2, 0.25) is 0 Å². The highest BCUT2D eigenvalue weighted by molar-refractivity contribution is 7.90. The number of esters is 1. The van der Waals surface area contributed by atoms with Gasteiger partial charge < -0.3 is 9.84 Å². The van der Waals surface area contributed by atoms with Crippen LogP contribution in [0.3, 0.4) is 0 Å². The Hall–Kier alpha value is -2.80. The normalized spacial score (nSPS) is 11.8. The van der Waals surface area contributed by atoms with E-state index in [0.29, 0.717) is 0 Å². The van der Waals surface area contributed by atoms with Crippen LogP contribution in [0.25, 0.3) is 10.9 Å². The van der Waals surface area contributed by atoms with Gasteiger partial charge in [-0.15, -0.1) is 0 Å². The number of benzene rings is 2. The Balaban J connectivity index is 2.33. The fraction of sp³-hybridized carbons (Fsp3) is 0.211. The maximum atomic E-state index is 13.2. The summed E-state index contributed by atoms with van der Waals surface area (Å²) in [5.41, 5.74) is 0.713. The van der Waals surface area contributed by atoms with E-state index in [-0.39, 0.29) is 15.8 Å². The number of ether oxygens (including phenoxy) is 1. The fourth-order valence-corrected chi connectivity index (χ4v) is 4.22. The second-order valence-corrected chi connectivity index (χ2v) is 8.04. The van der Waals surface area contributed by atoms with Crippen LogP contribution < -0.4 is 0 Å². The summed E-state index contributed by atoms with van der Waals surface area (Å²) in [6.45, 7) is 5.14. The predicted octanol–water partition coefficient (Wildman–Crippen LogP) is 3.46. The van der Waals surface area contributed by atoms with Crippen molar-refractivity contribution in [2.24, 2.45) is 0 Å². The first-order chi connectivity index (χ1) is 12.2. The Morgan fingerprint density at radius 2 is 1.69 bits per heavy atom. The van der Waals surface area contributed by atoms with Crippen LogP contribution in [0.2, 0.25) is 0 Å². The van der Waals surface area contributed by atoms with E-state index in [0.717, 1.165) is 9.54 Å². The molecule has 0 aliphatic heterocycles. The second kappa shape index (κ2) is 6.49. The molecule has 0 atom stereocenters. The third kappa shape index (κ3) is 2.94. The molecule has 6 nitrogen and oxygen atoms in total. The van der Waals surface area contributed by atoms with Gasteiger partial charge in [0.25, 0.3) is 10.0 Å². The minimum atomic E-state index is -4.12. The summed E-state index contributed by atoms with van der Waals surface area (Å²) in [6, 6.07) is 12.7. The van der Waals surface area contributed by atoms with Crippen LogP contribution in [0.1, 0.15) is 29.9 Å². The molecule has 0 aliphatic rings. The molecule has 3 rings (SSSR count). The third-order valence-electron chi connectivity index (χ3n) is 3.90. The summed E-state index contributed by atoms with van der Waals surface area (Å²) >= 11 is 0. The predicted molar refractivity (Wildman–Crippen MR) is 97.9 cm³/mol. The highest BCUT2D eigenvalue weighted by Crippen LogP contribution is 2.35. The minimum Gasteiger partial charge on any atom is -0.505 e. The quantitative estimate of drug-likeness (QED) is 0.708. The van der Waals surface area contributed by atoms with Gasteiger partial charge in [0.05, 0.1) is 16.5 Å². The van der Waals surface area contributed by atoms with Crippen LogP contribution in [0.5, 0.6) is 5.75 Å². The fourth-order valence-electron chi connectivity index (χ4n) is 2.71. The van der Waals surface area contributed by atoms with Crippen molar-refractivity contribution < 1.29 is 23.1 Å². The van der Waals surface area contributed by atoms with E-state index in [1.165, 1.54) is 18.2 Å². The van der Waals surface area contributed by atoms with Crippen molar-refractivity contribution in [3.05, 3.63) is 59.8 Å². The zero-order valence-electron chi connectivity index (χ0n) is 14.6. The van der Waals surface area contributed by atoms with Crippen molar-refractivity contribution in [3.8, 4) is 5.75 Å². The van der Waals surface area contributed by atoms with Crippen molar-refractivity contribution in [1.82, 2.24) is 3.97 Å². The SMILES string of the molecule is Cc1ccc(S(=O)(=O)n2c(C(=O)OC(C)C)c(O)c3ccccc32)cc1. The number of fused-ring (bicyclic) bond motifs is 1. The standard InChI is InChI=1S/C19H19NO5S/c1-12(2)25-19(22)17-18(21)15-6-4-5-7-16(15)20(17)26(23,24)14-10-8-13(3)9-11-14/h4-12,21H,1-3H3. The van der Waals surface area contributed by atoms with Crippen LogP contribution in [0, 0.1) is 6.92 Å². The number of hydrogen-bond donors (Lipinski definition) is 1. The Morgan fingerprint density at radius 3 is 2.31 bits per heavy atom. The average Bonchev–Trinajstić information content (AvgIpc) is 2.89. The zero-order chi connectivity index (χ0) is 19.1. The van der Waals surface area contributed by atoms with Crippen molar-refractivity contribution in [1.29, 1.82) is 0 Å². The summed E-state index contributed by atoms with van der Waals surface area (Å²) in [5, 5.41) is 10.8. The number of nitrogens with zero attached hydrogens (tertiary/aromatic N) is 1. The number of aromatic hydroxyl groups is 1. The highest BCUT2D eigenvalue weighted by Gasteiger charge is 2.31. The van der Waals surface area contributed by atoms with E-state index >= 15 is 0 Å². The van der Waals surface area contributed by atoms with E-state index in [2.05, 4.69) is 0 Å². The second-order valence-electron chi connectivity index (χ2n) is 6.25. The van der Waals surface area contributed by atoms with Gasteiger partial charge in [0, 0.05) is 5.39 Å². The Morgan fingerprint density at radius 1 is 1.08 bits per heavy atom. The molecule has 0 aliphatic carbocycles. The molecule has 0 unspecified atom stereocenters. The molecule has 0 amide bonds. The third-order valence-corrected chi connectivity index (χ3v) is 5.63. The first-order valence-electron chi connectivity index (χ1n) is 8.09. The van der Waals surface area contributed by atoms with Gasteiger partial charge >= 0.3 is 5.97 Å². The lowest BCUT2D eigenvalue weighted by Crippen LogP contribution is -2.21. The number of aromatic nitrogens is 1. The summed E-state index contributed by atoms with van der Waals surface area (Å²) in [6.07, 6.45) is -0.463. The van der Waals surface area contributed by atoms with Crippen LogP contribution in [0.4, 0.5) is 0 Å². The first-order valence-corrected chi connectivity index (χ1v) is 9.53. The lowest BCUT2D eigenvalue weighted by Gasteiger charge is -2.13. The smallest absolute Gasteiger partial charge is 0.360 e. The molecule has 1 N–H and O–H groups in total. The van der Waals surface area contributed by atoms with Gasteiger partial charge in [-0.3, -0.25) is 0 Å². The van der Waals surface area contributed by atoms with Crippen molar-refractivity contribution >= 4 is 26.9 Å². The molecule has 2 aromatic carbocycles. The number of rotatable bonds is 4. The Bertz CT molecular complexity index is 1080. The van der Waals surface area contributed by atoms with Gasteiger partial charge in [-0.2, -0.15) is 0 Å². The Kier molecular flexibility index (Phi) is 4.50. The van der Waals surface area contributed by atoms with E-state index in [1.807, 2.05) is 6.92 Å². The van der Waals surface area contributed by atoms with Crippen LogP contribution in [-0.4, -0.2) is 29.6 Å². The number of carbonyl (C=O) groups excluding carboxylic acids is 1. The molecule has 1 aromatic heterocycles. The maximum Gasteiger partial charge on any atom is 0.360 e. The molecule has 0 radical (unpaired) electrons. The molecule has 3 aromatic rings. The minimum absolute atomic E-state index is 0.0162. The molecule has 0 spiro atoms. The molecule has 0 fully saturated rings. The molecule has 26 heavy (non-hydrogen) atoms. The molecule has 136 valence electrons. The lowest BCUT2D eigenvalue weighted by atomic mass is 10.2. The number of carbonyl (C=O) groups is 1. The topological polar surface area (TPSA) is 85.6 Å². The molecule has 0 saturated heterocycles. The van der Waals surface area contributed by atoms with Gasteiger partial charge in [0.15, 0.2) is 11.4 Å². The lowest BCUT2D eigenvalue weighted by molar-refractivity contribution is 0.0366. The molecule has 7 heteroatoms. The van der Waals surface area contributed by atoms with Crippen LogP contribution >= 0.6 is 0 Å². The van der Waals surface area contributed by atoms with Crippen molar-refractivity contribution in [2.45, 2.75) is 31.8 Å². The largest absolute Gasteiger partial charge is 0.505 e. The van der Waals surface area contributed by atoms with Gasteiger partial charge in [-0.05, 0) is 45.0 Å². The molecule has 0 saturated carbocycles. The molecule has 1 heterocycles. The highest BCUT2D eigenvalue weighted by atomic mass is 32.2. The van der Waals surface area contributed by atoms with E-state index in [9.17, 15) is 18.3 Å². The molecular weight excluding hydrogens is 354 g/mol. The van der Waals surface area contributed by atoms with Gasteiger partial charge in [0.1, 0.15) is 0 Å².